The predicted octanol–water partition coefficient (Wildman–Crippen LogP) is 2.11. The first-order chi connectivity index (χ1) is 17.0. The number of pyridine rings is 2. The predicted molar refractivity (Wildman–Crippen MR) is 127 cm³/mol. The Morgan fingerprint density at radius 3 is 2.77 bits per heavy atom. The van der Waals surface area contributed by atoms with E-state index in [1.807, 2.05) is 0 Å². The Balaban J connectivity index is 1.49. The first-order valence-electron chi connectivity index (χ1n) is 11.0. The maximum Gasteiger partial charge on any atom is 0.280 e. The van der Waals surface area contributed by atoms with Crippen LogP contribution in [-0.2, 0) is 4.74 Å². The molecule has 12 heteroatoms. The summed E-state index contributed by atoms with van der Waals surface area (Å²) in [4.78, 5) is 34.3. The fourth-order valence-electron chi connectivity index (χ4n) is 3.98. The van der Waals surface area contributed by atoms with Crippen LogP contribution >= 0.6 is 0 Å². The van der Waals surface area contributed by atoms with Crippen LogP contribution in [0.1, 0.15) is 23.3 Å². The van der Waals surface area contributed by atoms with Crippen molar-refractivity contribution < 1.29 is 13.9 Å². The van der Waals surface area contributed by atoms with E-state index in [-0.39, 0.29) is 41.1 Å². The van der Waals surface area contributed by atoms with Gasteiger partial charge in [-0.25, -0.2) is 18.9 Å². The lowest BCUT2D eigenvalue weighted by molar-refractivity contribution is 0.00718. The molecule has 0 aliphatic heterocycles. The Labute approximate surface area is 199 Å². The van der Waals surface area contributed by atoms with E-state index in [0.717, 1.165) is 17.4 Å². The van der Waals surface area contributed by atoms with Crippen molar-refractivity contribution in [2.75, 3.05) is 24.8 Å². The van der Waals surface area contributed by atoms with E-state index in [9.17, 15) is 14.0 Å². The van der Waals surface area contributed by atoms with Crippen molar-refractivity contribution in [3.63, 3.8) is 0 Å². The lowest BCUT2D eigenvalue weighted by Crippen LogP contribution is -2.51. The van der Waals surface area contributed by atoms with Crippen molar-refractivity contribution in [1.82, 2.24) is 29.5 Å². The van der Waals surface area contributed by atoms with Crippen LogP contribution in [-0.4, -0.2) is 56.4 Å². The zero-order valence-electron chi connectivity index (χ0n) is 19.0. The van der Waals surface area contributed by atoms with E-state index < -0.39 is 11.4 Å². The van der Waals surface area contributed by atoms with Gasteiger partial charge in [0, 0.05) is 32.6 Å². The van der Waals surface area contributed by atoms with Crippen LogP contribution in [0.2, 0.25) is 0 Å². The normalized spacial score (nSPS) is 17.1. The number of rotatable bonds is 7. The number of amides is 1. The van der Waals surface area contributed by atoms with E-state index in [1.165, 1.54) is 35.2 Å². The number of fused-ring (bicyclic) bond motifs is 1. The van der Waals surface area contributed by atoms with Gasteiger partial charge < -0.3 is 20.7 Å². The molecule has 35 heavy (non-hydrogen) atoms. The van der Waals surface area contributed by atoms with Gasteiger partial charge in [0.2, 0.25) is 0 Å². The van der Waals surface area contributed by atoms with E-state index in [1.54, 1.807) is 32.4 Å². The molecule has 1 aliphatic carbocycles. The fourth-order valence-corrected chi connectivity index (χ4v) is 3.98. The average molecular weight is 478 g/mol. The molecule has 1 fully saturated rings. The summed E-state index contributed by atoms with van der Waals surface area (Å²) in [5.74, 6) is -0.785. The van der Waals surface area contributed by atoms with Crippen molar-refractivity contribution in [3.8, 4) is 5.82 Å². The maximum atomic E-state index is 14.2. The Kier molecular flexibility index (Phi) is 5.87. The van der Waals surface area contributed by atoms with Gasteiger partial charge in [-0.2, -0.15) is 0 Å². The molecule has 1 amide bonds. The third-order valence-corrected chi connectivity index (χ3v) is 5.98. The Bertz CT molecular complexity index is 1460. The van der Waals surface area contributed by atoms with Gasteiger partial charge in [-0.3, -0.25) is 14.2 Å². The number of imidazole rings is 1. The number of carbonyl (C=O) groups excluding carboxylic acids is 1. The van der Waals surface area contributed by atoms with Crippen molar-refractivity contribution in [2.24, 2.45) is 0 Å². The molecule has 1 saturated carbocycles. The summed E-state index contributed by atoms with van der Waals surface area (Å²) < 4.78 is 22.1. The monoisotopic (exact) mass is 478 g/mol. The minimum Gasteiger partial charge on any atom is -0.385 e. The Morgan fingerprint density at radius 2 is 2.06 bits per heavy atom. The summed E-state index contributed by atoms with van der Waals surface area (Å²) in [6, 6.07) is 7.41. The minimum absolute atomic E-state index is 0.0135. The summed E-state index contributed by atoms with van der Waals surface area (Å²) in [5, 5.41) is 13.4. The quantitative estimate of drug-likeness (QED) is 0.369. The number of methoxy groups -OCH3 is 1. The molecule has 0 radical (unpaired) electrons. The second kappa shape index (κ2) is 9.14. The summed E-state index contributed by atoms with van der Waals surface area (Å²) >= 11 is 0. The standard InChI is InChI=1S/C23H23FN8O3/c1-25-16-11-19(28-15-6-4-10-31(23(15)34)20-13(24)5-3-9-26-20)30-32-17(12-27-21(16)32)22(33)29-14-7-8-18(14)35-2/h3-6,9-12,14,18,25H,7-8H2,1-2H3,(H,28,30)(H,29,33)/t14?,18-/m1/s1. The summed E-state index contributed by atoms with van der Waals surface area (Å²) in [7, 11) is 3.33. The second-order valence-electron chi connectivity index (χ2n) is 8.03. The molecule has 180 valence electrons. The molecular weight excluding hydrogens is 455 g/mol. The molecule has 1 unspecified atom stereocenters. The number of nitrogens with one attached hydrogen (secondary N) is 3. The van der Waals surface area contributed by atoms with Crippen LogP contribution in [0.15, 0.2) is 53.7 Å². The SMILES string of the molecule is CNc1cc(Nc2cccn(-c3ncccc3F)c2=O)nn2c(C(=O)NC3CC[C@H]3OC)cnc12. The molecule has 4 aromatic rings. The lowest BCUT2D eigenvalue weighted by atomic mass is 9.89. The zero-order chi connectivity index (χ0) is 24.5. The number of anilines is 3. The minimum atomic E-state index is -0.625. The highest BCUT2D eigenvalue weighted by Gasteiger charge is 2.33. The van der Waals surface area contributed by atoms with Gasteiger partial charge in [0.1, 0.15) is 5.69 Å². The number of carbonyl (C=O) groups is 1. The molecule has 3 N–H and O–H groups in total. The number of ether oxygens (including phenoxy) is 1. The molecule has 0 saturated heterocycles. The second-order valence-corrected chi connectivity index (χ2v) is 8.03. The first kappa shape index (κ1) is 22.5. The highest BCUT2D eigenvalue weighted by atomic mass is 19.1. The smallest absolute Gasteiger partial charge is 0.280 e. The molecular formula is C23H23FN8O3. The van der Waals surface area contributed by atoms with E-state index >= 15 is 0 Å². The van der Waals surface area contributed by atoms with E-state index in [2.05, 4.69) is 31.0 Å². The zero-order valence-corrected chi connectivity index (χ0v) is 19.0. The third kappa shape index (κ3) is 4.08. The number of hydrogen-bond donors (Lipinski definition) is 3. The van der Waals surface area contributed by atoms with Crippen LogP contribution in [0.25, 0.3) is 11.5 Å². The van der Waals surface area contributed by atoms with Crippen molar-refractivity contribution >= 4 is 28.7 Å². The lowest BCUT2D eigenvalue weighted by Gasteiger charge is -2.35. The van der Waals surface area contributed by atoms with Crippen molar-refractivity contribution in [2.45, 2.75) is 25.0 Å². The number of halogens is 1. The number of aromatic nitrogens is 5. The van der Waals surface area contributed by atoms with Crippen molar-refractivity contribution in [1.29, 1.82) is 0 Å². The van der Waals surface area contributed by atoms with Gasteiger partial charge in [0.05, 0.1) is 24.0 Å². The van der Waals surface area contributed by atoms with Gasteiger partial charge in [-0.15, -0.1) is 5.10 Å². The largest absolute Gasteiger partial charge is 0.385 e. The van der Waals surface area contributed by atoms with Crippen LogP contribution in [0.5, 0.6) is 0 Å². The maximum absolute atomic E-state index is 14.2. The highest BCUT2D eigenvalue weighted by molar-refractivity contribution is 5.94. The van der Waals surface area contributed by atoms with Crippen molar-refractivity contribution in [3.05, 3.63) is 70.8 Å². The molecule has 1 aliphatic rings. The average Bonchev–Trinajstić information content (AvgIpc) is 3.27. The molecule has 0 bridgehead atoms. The van der Waals surface area contributed by atoms with Gasteiger partial charge in [-0.1, -0.05) is 0 Å². The molecule has 5 rings (SSSR count). The topological polar surface area (TPSA) is 127 Å². The van der Waals surface area contributed by atoms with E-state index in [4.69, 9.17) is 4.74 Å². The molecule has 11 nitrogen and oxygen atoms in total. The molecule has 2 atom stereocenters. The van der Waals surface area contributed by atoms with Gasteiger partial charge in [0.15, 0.2) is 28.8 Å². The summed E-state index contributed by atoms with van der Waals surface area (Å²) in [5.41, 5.74) is 0.906. The number of nitrogens with zero attached hydrogens (tertiary/aromatic N) is 5. The number of hydrogen-bond acceptors (Lipinski definition) is 8. The van der Waals surface area contributed by atoms with E-state index in [0.29, 0.717) is 11.3 Å². The first-order valence-corrected chi connectivity index (χ1v) is 11.0. The van der Waals surface area contributed by atoms with Crippen LogP contribution in [0, 0.1) is 5.82 Å². The molecule has 0 aromatic carbocycles. The molecule has 0 spiro atoms. The van der Waals surface area contributed by atoms with Gasteiger partial charge >= 0.3 is 0 Å². The Hall–Kier alpha value is -4.32. The van der Waals surface area contributed by atoms with Gasteiger partial charge in [-0.05, 0) is 37.1 Å². The third-order valence-electron chi connectivity index (χ3n) is 5.98. The molecule has 4 aromatic heterocycles. The van der Waals surface area contributed by atoms with Crippen LogP contribution in [0.3, 0.4) is 0 Å². The Morgan fingerprint density at radius 1 is 1.20 bits per heavy atom. The van der Waals surface area contributed by atoms with Crippen LogP contribution < -0.4 is 21.5 Å². The van der Waals surface area contributed by atoms with Crippen LogP contribution in [0.4, 0.5) is 21.6 Å². The fraction of sp³-hybridized carbons (Fsp3) is 0.261. The van der Waals surface area contributed by atoms with Gasteiger partial charge in [0.25, 0.3) is 11.5 Å². The summed E-state index contributed by atoms with van der Waals surface area (Å²) in [6.07, 6.45) is 5.99. The molecule has 4 heterocycles. The highest BCUT2D eigenvalue weighted by Crippen LogP contribution is 2.24. The summed E-state index contributed by atoms with van der Waals surface area (Å²) in [6.45, 7) is 0.